The number of carboxylic acid groups (broad SMARTS) is 1. The molecule has 2 atom stereocenters. The van der Waals surface area contributed by atoms with E-state index in [0.717, 1.165) is 5.69 Å². The van der Waals surface area contributed by atoms with Gasteiger partial charge in [-0.15, -0.1) is 0 Å². The minimum absolute atomic E-state index is 0.0952. The molecule has 0 amide bonds. The van der Waals surface area contributed by atoms with Crippen LogP contribution in [-0.2, 0) is 14.8 Å². The molecule has 21 heavy (non-hydrogen) atoms. The van der Waals surface area contributed by atoms with Crippen molar-refractivity contribution >= 4 is 21.7 Å². The Hall–Kier alpha value is -1.60. The van der Waals surface area contributed by atoms with Crippen LogP contribution in [0.15, 0.2) is 30.3 Å². The minimum Gasteiger partial charge on any atom is -0.481 e. The van der Waals surface area contributed by atoms with E-state index in [1.54, 1.807) is 6.92 Å². The van der Waals surface area contributed by atoms with Crippen molar-refractivity contribution in [3.05, 3.63) is 30.3 Å². The van der Waals surface area contributed by atoms with Crippen LogP contribution in [0.2, 0.25) is 0 Å². The number of hydrogen-bond donors (Lipinski definition) is 1. The van der Waals surface area contributed by atoms with Crippen LogP contribution in [0.1, 0.15) is 13.3 Å². The van der Waals surface area contributed by atoms with Gasteiger partial charge in [-0.2, -0.15) is 4.31 Å². The lowest BCUT2D eigenvalue weighted by atomic mass is 10.0. The number of rotatable bonds is 4. The fourth-order valence-electron chi connectivity index (χ4n) is 2.90. The maximum absolute atomic E-state index is 11.8. The lowest BCUT2D eigenvalue weighted by Crippen LogP contribution is -2.60. The first-order valence-corrected chi connectivity index (χ1v) is 8.66. The van der Waals surface area contributed by atoms with Crippen LogP contribution in [-0.4, -0.2) is 55.2 Å². The number of sulfonamides is 1. The number of piperazine rings is 1. The van der Waals surface area contributed by atoms with Gasteiger partial charge in [-0.05, 0) is 19.1 Å². The summed E-state index contributed by atoms with van der Waals surface area (Å²) in [5.74, 6) is -0.928. The van der Waals surface area contributed by atoms with E-state index in [1.165, 1.54) is 10.6 Å². The molecule has 0 aliphatic carbocycles. The van der Waals surface area contributed by atoms with Crippen molar-refractivity contribution in [2.75, 3.05) is 24.2 Å². The molecule has 1 aliphatic rings. The Morgan fingerprint density at radius 3 is 2.43 bits per heavy atom. The van der Waals surface area contributed by atoms with Crippen LogP contribution in [0.25, 0.3) is 0 Å². The Morgan fingerprint density at radius 1 is 1.29 bits per heavy atom. The first-order chi connectivity index (χ1) is 9.80. The van der Waals surface area contributed by atoms with Crippen molar-refractivity contribution in [2.24, 2.45) is 0 Å². The summed E-state index contributed by atoms with van der Waals surface area (Å²) in [6.45, 7) is 2.62. The van der Waals surface area contributed by atoms with Crippen molar-refractivity contribution in [3.63, 3.8) is 0 Å². The second kappa shape index (κ2) is 6.03. The van der Waals surface area contributed by atoms with Gasteiger partial charge < -0.3 is 10.0 Å². The molecule has 0 saturated carbocycles. The van der Waals surface area contributed by atoms with Gasteiger partial charge in [-0.3, -0.25) is 4.79 Å². The van der Waals surface area contributed by atoms with Crippen LogP contribution < -0.4 is 4.90 Å². The van der Waals surface area contributed by atoms with E-state index in [1.807, 2.05) is 35.2 Å². The molecule has 0 radical (unpaired) electrons. The average molecular weight is 312 g/mol. The van der Waals surface area contributed by atoms with Crippen molar-refractivity contribution in [3.8, 4) is 0 Å². The van der Waals surface area contributed by atoms with Gasteiger partial charge in [-0.25, -0.2) is 8.42 Å². The molecule has 1 saturated heterocycles. The molecule has 0 spiro atoms. The van der Waals surface area contributed by atoms with E-state index in [4.69, 9.17) is 5.11 Å². The molecule has 7 heteroatoms. The Kier molecular flexibility index (Phi) is 4.53. The molecule has 116 valence electrons. The van der Waals surface area contributed by atoms with Gasteiger partial charge in [-0.1, -0.05) is 18.2 Å². The molecule has 1 aliphatic heterocycles. The van der Waals surface area contributed by atoms with E-state index in [9.17, 15) is 13.2 Å². The van der Waals surface area contributed by atoms with Crippen LogP contribution in [0, 0.1) is 0 Å². The first kappa shape index (κ1) is 15.8. The van der Waals surface area contributed by atoms with Gasteiger partial charge >= 0.3 is 5.97 Å². The number of benzene rings is 1. The summed E-state index contributed by atoms with van der Waals surface area (Å²) in [6, 6.07) is 8.74. The van der Waals surface area contributed by atoms with E-state index in [2.05, 4.69) is 0 Å². The van der Waals surface area contributed by atoms with Gasteiger partial charge in [0.2, 0.25) is 10.0 Å². The van der Waals surface area contributed by atoms with Gasteiger partial charge in [0.25, 0.3) is 0 Å². The van der Waals surface area contributed by atoms with Crippen molar-refractivity contribution in [1.29, 1.82) is 0 Å². The van der Waals surface area contributed by atoms with E-state index >= 15 is 0 Å². The summed E-state index contributed by atoms with van der Waals surface area (Å²) in [7, 11) is -3.34. The lowest BCUT2D eigenvalue weighted by molar-refractivity contribution is -0.137. The molecule has 2 rings (SSSR count). The van der Waals surface area contributed by atoms with Gasteiger partial charge in [0.05, 0.1) is 18.7 Å². The molecular formula is C14H20N2O4S. The third kappa shape index (κ3) is 3.54. The molecule has 1 fully saturated rings. The lowest BCUT2D eigenvalue weighted by Gasteiger charge is -2.46. The van der Waals surface area contributed by atoms with E-state index in [-0.39, 0.29) is 18.5 Å². The third-order valence-electron chi connectivity index (χ3n) is 3.87. The molecule has 1 aromatic rings. The molecule has 0 bridgehead atoms. The van der Waals surface area contributed by atoms with Crippen LogP contribution in [0.5, 0.6) is 0 Å². The second-order valence-electron chi connectivity index (χ2n) is 5.31. The maximum Gasteiger partial charge on any atom is 0.305 e. The average Bonchev–Trinajstić information content (AvgIpc) is 2.40. The quantitative estimate of drug-likeness (QED) is 0.897. The number of hydrogen-bond acceptors (Lipinski definition) is 4. The van der Waals surface area contributed by atoms with Crippen molar-refractivity contribution < 1.29 is 18.3 Å². The molecule has 1 heterocycles. The topological polar surface area (TPSA) is 77.9 Å². The van der Waals surface area contributed by atoms with Crippen molar-refractivity contribution in [1.82, 2.24) is 4.31 Å². The molecule has 0 aromatic heterocycles. The van der Waals surface area contributed by atoms with Crippen LogP contribution >= 0.6 is 0 Å². The highest BCUT2D eigenvalue weighted by Gasteiger charge is 2.38. The van der Waals surface area contributed by atoms with Gasteiger partial charge in [0.15, 0.2) is 0 Å². The smallest absolute Gasteiger partial charge is 0.305 e. The number of nitrogens with zero attached hydrogens (tertiary/aromatic N) is 2. The zero-order chi connectivity index (χ0) is 15.6. The molecule has 1 N–H and O–H groups in total. The highest BCUT2D eigenvalue weighted by molar-refractivity contribution is 7.88. The number of carboxylic acids is 1. The largest absolute Gasteiger partial charge is 0.481 e. The summed E-state index contributed by atoms with van der Waals surface area (Å²) in [4.78, 5) is 13.1. The first-order valence-electron chi connectivity index (χ1n) is 6.81. The fourth-order valence-corrected chi connectivity index (χ4v) is 4.05. The molecule has 0 unspecified atom stereocenters. The monoisotopic (exact) mass is 312 g/mol. The van der Waals surface area contributed by atoms with E-state index in [0.29, 0.717) is 13.1 Å². The summed E-state index contributed by atoms with van der Waals surface area (Å²) in [5.41, 5.74) is 0.920. The predicted molar refractivity (Wildman–Crippen MR) is 80.8 cm³/mol. The van der Waals surface area contributed by atoms with Crippen LogP contribution in [0.3, 0.4) is 0 Å². The highest BCUT2D eigenvalue weighted by atomic mass is 32.2. The summed E-state index contributed by atoms with van der Waals surface area (Å²) in [5, 5.41) is 9.14. The van der Waals surface area contributed by atoms with Gasteiger partial charge in [0, 0.05) is 24.8 Å². The molecular weight excluding hydrogens is 292 g/mol. The highest BCUT2D eigenvalue weighted by Crippen LogP contribution is 2.27. The van der Waals surface area contributed by atoms with Crippen LogP contribution in [0.4, 0.5) is 5.69 Å². The number of para-hydroxylation sites is 1. The van der Waals surface area contributed by atoms with E-state index < -0.39 is 16.0 Å². The fraction of sp³-hybridized carbons (Fsp3) is 0.500. The Morgan fingerprint density at radius 2 is 1.90 bits per heavy atom. The summed E-state index contributed by atoms with van der Waals surface area (Å²) < 4.78 is 25.1. The minimum atomic E-state index is -3.34. The SMILES string of the molecule is C[C@H]1[C@H](CC(=O)O)N(c2ccccc2)CCN1S(C)(=O)=O. The number of carbonyl (C=O) groups is 1. The maximum atomic E-state index is 11.8. The summed E-state index contributed by atoms with van der Waals surface area (Å²) in [6.07, 6.45) is 1.07. The third-order valence-corrected chi connectivity index (χ3v) is 5.24. The van der Waals surface area contributed by atoms with Crippen molar-refractivity contribution in [2.45, 2.75) is 25.4 Å². The Balaban J connectivity index is 2.33. The normalized spacial score (nSPS) is 24.0. The number of anilines is 1. The Labute approximate surface area is 125 Å². The molecule has 6 nitrogen and oxygen atoms in total. The predicted octanol–water partition coefficient (Wildman–Crippen LogP) is 1.00. The molecule has 1 aromatic carbocycles. The zero-order valence-corrected chi connectivity index (χ0v) is 13.0. The zero-order valence-electron chi connectivity index (χ0n) is 12.1. The number of aliphatic carboxylic acids is 1. The standard InChI is InChI=1S/C14H20N2O4S/c1-11-13(10-14(17)18)15(12-6-4-3-5-7-12)8-9-16(11)21(2,19)20/h3-7,11,13H,8-10H2,1-2H3,(H,17,18)/t11-,13-/m0/s1. The summed E-state index contributed by atoms with van der Waals surface area (Å²) >= 11 is 0. The Bertz CT molecular complexity index is 603. The van der Waals surface area contributed by atoms with Gasteiger partial charge in [0.1, 0.15) is 0 Å². The second-order valence-corrected chi connectivity index (χ2v) is 7.24.